The number of ether oxygens (including phenoxy) is 1. The van der Waals surface area contributed by atoms with Crippen molar-refractivity contribution < 1.29 is 9.53 Å². The second kappa shape index (κ2) is 7.01. The molecule has 0 aliphatic rings. The fraction of sp³-hybridized carbons (Fsp3) is 0.500. The molecular formula is C14H22N2O2. The van der Waals surface area contributed by atoms with Crippen molar-refractivity contribution in [3.05, 3.63) is 29.8 Å². The predicted octanol–water partition coefficient (Wildman–Crippen LogP) is 1.89. The van der Waals surface area contributed by atoms with Crippen LogP contribution in [0.3, 0.4) is 0 Å². The molecule has 0 saturated carbocycles. The van der Waals surface area contributed by atoms with Gasteiger partial charge in [-0.25, -0.2) is 0 Å². The minimum Gasteiger partial charge on any atom is -0.494 e. The van der Waals surface area contributed by atoms with Crippen LogP contribution in [0.4, 0.5) is 0 Å². The summed E-state index contributed by atoms with van der Waals surface area (Å²) in [5, 5.41) is 0. The van der Waals surface area contributed by atoms with Gasteiger partial charge in [0.05, 0.1) is 6.61 Å². The molecule has 0 saturated heterocycles. The van der Waals surface area contributed by atoms with Crippen molar-refractivity contribution in [2.45, 2.75) is 26.3 Å². The molecule has 1 unspecified atom stereocenters. The number of nitrogens with two attached hydrogens (primary N) is 1. The topological polar surface area (TPSA) is 55.6 Å². The summed E-state index contributed by atoms with van der Waals surface area (Å²) >= 11 is 0. The molecule has 1 atom stereocenters. The lowest BCUT2D eigenvalue weighted by molar-refractivity contribution is 0.0788. The molecule has 2 N–H and O–H groups in total. The first kappa shape index (κ1) is 14.5. The van der Waals surface area contributed by atoms with Crippen molar-refractivity contribution >= 4 is 5.91 Å². The molecule has 0 aromatic heterocycles. The third kappa shape index (κ3) is 4.37. The van der Waals surface area contributed by atoms with Gasteiger partial charge in [0.2, 0.25) is 0 Å². The summed E-state index contributed by atoms with van der Waals surface area (Å²) < 4.78 is 5.51. The zero-order valence-electron chi connectivity index (χ0n) is 11.3. The Morgan fingerprint density at radius 3 is 2.83 bits per heavy atom. The Bertz CT molecular complexity index is 391. The highest BCUT2D eigenvalue weighted by Gasteiger charge is 2.13. The van der Waals surface area contributed by atoms with Gasteiger partial charge in [0.15, 0.2) is 0 Å². The zero-order chi connectivity index (χ0) is 13.5. The first-order valence-electron chi connectivity index (χ1n) is 6.28. The van der Waals surface area contributed by atoms with Crippen LogP contribution in [-0.2, 0) is 0 Å². The largest absolute Gasteiger partial charge is 0.494 e. The van der Waals surface area contributed by atoms with E-state index in [1.807, 2.05) is 26.0 Å². The number of benzene rings is 1. The molecule has 0 spiro atoms. The van der Waals surface area contributed by atoms with Crippen LogP contribution in [0.25, 0.3) is 0 Å². The Hall–Kier alpha value is -1.55. The molecule has 1 amide bonds. The molecule has 18 heavy (non-hydrogen) atoms. The SMILES string of the molecule is CCCOc1cccc(C(=O)N(C)CC(C)N)c1. The molecule has 4 nitrogen and oxygen atoms in total. The highest BCUT2D eigenvalue weighted by molar-refractivity contribution is 5.94. The van der Waals surface area contributed by atoms with E-state index in [9.17, 15) is 4.79 Å². The number of carbonyl (C=O) groups is 1. The van der Waals surface area contributed by atoms with Gasteiger partial charge in [-0.1, -0.05) is 13.0 Å². The zero-order valence-corrected chi connectivity index (χ0v) is 11.3. The summed E-state index contributed by atoms with van der Waals surface area (Å²) in [6.45, 7) is 5.13. The van der Waals surface area contributed by atoms with Crippen molar-refractivity contribution in [2.24, 2.45) is 5.73 Å². The first-order valence-corrected chi connectivity index (χ1v) is 6.28. The Labute approximate surface area is 109 Å². The van der Waals surface area contributed by atoms with Gasteiger partial charge < -0.3 is 15.4 Å². The lowest BCUT2D eigenvalue weighted by atomic mass is 10.2. The minimum absolute atomic E-state index is 0.0292. The Kier molecular flexibility index (Phi) is 5.65. The average Bonchev–Trinajstić information content (AvgIpc) is 2.35. The standard InChI is InChI=1S/C14H22N2O2/c1-4-8-18-13-7-5-6-12(9-13)14(17)16(3)10-11(2)15/h5-7,9,11H,4,8,10,15H2,1-3H3. The molecule has 1 aromatic rings. The Morgan fingerprint density at radius 1 is 1.50 bits per heavy atom. The molecule has 1 rings (SSSR count). The summed E-state index contributed by atoms with van der Waals surface area (Å²) in [5.74, 6) is 0.700. The van der Waals surface area contributed by atoms with Crippen LogP contribution >= 0.6 is 0 Å². The van der Waals surface area contributed by atoms with Crippen LogP contribution in [0.15, 0.2) is 24.3 Å². The number of hydrogen-bond acceptors (Lipinski definition) is 3. The van der Waals surface area contributed by atoms with Crippen molar-refractivity contribution in [3.8, 4) is 5.75 Å². The van der Waals surface area contributed by atoms with Crippen molar-refractivity contribution in [1.82, 2.24) is 4.90 Å². The van der Waals surface area contributed by atoms with Gasteiger partial charge in [-0.3, -0.25) is 4.79 Å². The molecule has 0 aliphatic heterocycles. The molecule has 0 aliphatic carbocycles. The van der Waals surface area contributed by atoms with Crippen LogP contribution in [0.5, 0.6) is 5.75 Å². The molecule has 1 aromatic carbocycles. The van der Waals surface area contributed by atoms with Gasteiger partial charge in [-0.15, -0.1) is 0 Å². The van der Waals surface area contributed by atoms with Gasteiger partial charge in [-0.05, 0) is 31.5 Å². The second-order valence-electron chi connectivity index (χ2n) is 4.54. The maximum absolute atomic E-state index is 12.1. The van der Waals surface area contributed by atoms with E-state index in [4.69, 9.17) is 10.5 Å². The van der Waals surface area contributed by atoms with E-state index in [2.05, 4.69) is 0 Å². The molecule has 0 fully saturated rings. The van der Waals surface area contributed by atoms with E-state index in [-0.39, 0.29) is 11.9 Å². The maximum Gasteiger partial charge on any atom is 0.253 e. The van der Waals surface area contributed by atoms with E-state index >= 15 is 0 Å². The van der Waals surface area contributed by atoms with E-state index in [0.29, 0.717) is 18.7 Å². The first-order chi connectivity index (χ1) is 8.54. The highest BCUT2D eigenvalue weighted by Crippen LogP contribution is 2.15. The van der Waals surface area contributed by atoms with E-state index in [1.54, 1.807) is 24.1 Å². The lowest BCUT2D eigenvalue weighted by Gasteiger charge is -2.19. The summed E-state index contributed by atoms with van der Waals surface area (Å²) in [4.78, 5) is 13.7. The number of hydrogen-bond donors (Lipinski definition) is 1. The fourth-order valence-corrected chi connectivity index (χ4v) is 1.67. The van der Waals surface area contributed by atoms with E-state index < -0.39 is 0 Å². The summed E-state index contributed by atoms with van der Waals surface area (Å²) in [5.41, 5.74) is 6.32. The smallest absolute Gasteiger partial charge is 0.253 e. The van der Waals surface area contributed by atoms with Crippen LogP contribution in [0.1, 0.15) is 30.6 Å². The van der Waals surface area contributed by atoms with E-state index in [0.717, 1.165) is 12.2 Å². The number of likely N-dealkylation sites (N-methyl/N-ethyl adjacent to an activating group) is 1. The van der Waals surface area contributed by atoms with Gasteiger partial charge in [-0.2, -0.15) is 0 Å². The maximum atomic E-state index is 12.1. The average molecular weight is 250 g/mol. The number of amides is 1. The van der Waals surface area contributed by atoms with Crippen molar-refractivity contribution in [2.75, 3.05) is 20.2 Å². The van der Waals surface area contributed by atoms with Crippen LogP contribution < -0.4 is 10.5 Å². The second-order valence-corrected chi connectivity index (χ2v) is 4.54. The summed E-state index contributed by atoms with van der Waals surface area (Å²) in [6.07, 6.45) is 0.947. The Balaban J connectivity index is 2.73. The van der Waals surface area contributed by atoms with Crippen LogP contribution in [0.2, 0.25) is 0 Å². The van der Waals surface area contributed by atoms with Crippen molar-refractivity contribution in [1.29, 1.82) is 0 Å². The summed E-state index contributed by atoms with van der Waals surface area (Å²) in [6, 6.07) is 7.23. The number of rotatable bonds is 6. The monoisotopic (exact) mass is 250 g/mol. The minimum atomic E-state index is -0.0331. The highest BCUT2D eigenvalue weighted by atomic mass is 16.5. The number of nitrogens with zero attached hydrogens (tertiary/aromatic N) is 1. The quantitative estimate of drug-likeness (QED) is 0.839. The third-order valence-corrected chi connectivity index (χ3v) is 2.46. The predicted molar refractivity (Wildman–Crippen MR) is 72.8 cm³/mol. The molecule has 100 valence electrons. The van der Waals surface area contributed by atoms with Gasteiger partial charge in [0.1, 0.15) is 5.75 Å². The molecule has 0 bridgehead atoms. The van der Waals surface area contributed by atoms with Gasteiger partial charge in [0.25, 0.3) is 5.91 Å². The van der Waals surface area contributed by atoms with Gasteiger partial charge >= 0.3 is 0 Å². The molecule has 0 radical (unpaired) electrons. The van der Waals surface area contributed by atoms with E-state index in [1.165, 1.54) is 0 Å². The third-order valence-electron chi connectivity index (χ3n) is 2.46. The summed E-state index contributed by atoms with van der Waals surface area (Å²) in [7, 11) is 1.76. The molecule has 0 heterocycles. The fourth-order valence-electron chi connectivity index (χ4n) is 1.67. The van der Waals surface area contributed by atoms with Crippen molar-refractivity contribution in [3.63, 3.8) is 0 Å². The molecule has 4 heteroatoms. The lowest BCUT2D eigenvalue weighted by Crippen LogP contribution is -2.36. The normalized spacial score (nSPS) is 12.0. The Morgan fingerprint density at radius 2 is 2.22 bits per heavy atom. The number of carbonyl (C=O) groups excluding carboxylic acids is 1. The molecular weight excluding hydrogens is 228 g/mol. The van der Waals surface area contributed by atoms with Gasteiger partial charge in [0, 0.05) is 25.2 Å². The van der Waals surface area contributed by atoms with Crippen LogP contribution in [-0.4, -0.2) is 37.0 Å². The van der Waals surface area contributed by atoms with Crippen LogP contribution in [0, 0.1) is 0 Å².